The van der Waals surface area contributed by atoms with Gasteiger partial charge >= 0.3 is 0 Å². The van der Waals surface area contributed by atoms with Crippen LogP contribution in [-0.2, 0) is 15.8 Å². The number of nitrogens with zero attached hydrogens (tertiary/aromatic N) is 1. The van der Waals surface area contributed by atoms with Crippen molar-refractivity contribution in [2.24, 2.45) is 5.73 Å². The van der Waals surface area contributed by atoms with Gasteiger partial charge in [-0.05, 0) is 42.7 Å². The van der Waals surface area contributed by atoms with E-state index in [0.717, 1.165) is 4.90 Å². The van der Waals surface area contributed by atoms with Crippen LogP contribution in [0.15, 0.2) is 58.3 Å². The number of methoxy groups -OCH3 is 1. The van der Waals surface area contributed by atoms with Crippen LogP contribution in [0.25, 0.3) is 0 Å². The van der Waals surface area contributed by atoms with Gasteiger partial charge in [0.1, 0.15) is 12.3 Å². The van der Waals surface area contributed by atoms with Crippen molar-refractivity contribution in [1.29, 1.82) is 0 Å². The lowest BCUT2D eigenvalue weighted by Gasteiger charge is -2.23. The first-order valence-corrected chi connectivity index (χ1v) is 9.14. The van der Waals surface area contributed by atoms with Crippen LogP contribution in [0.5, 0.6) is 5.75 Å². The van der Waals surface area contributed by atoms with E-state index in [-0.39, 0.29) is 6.54 Å². The highest BCUT2D eigenvalue weighted by Gasteiger charge is 2.21. The summed E-state index contributed by atoms with van der Waals surface area (Å²) in [4.78, 5) is 13.1. The lowest BCUT2D eigenvalue weighted by molar-refractivity contribution is -0.116. The van der Waals surface area contributed by atoms with Crippen LogP contribution < -0.4 is 14.8 Å². The monoisotopic (exact) mass is 350 g/mol. The highest BCUT2D eigenvalue weighted by Crippen LogP contribution is 2.30. The summed E-state index contributed by atoms with van der Waals surface area (Å²) < 4.78 is 19.7. The zero-order chi connectivity index (χ0) is 16.8. The molecule has 2 N–H and O–H groups in total. The van der Waals surface area contributed by atoms with Gasteiger partial charge in [0.05, 0.1) is 17.7 Å². The standard InChI is InChI=1S/C16H18N2O3S2/c1-21-15-6-4-3-5-14(15)18(11-16(17)19)23(20)13-9-7-12(22-2)8-10-13/h3-10H,11H2,1-2H3,(H2,17,19). The minimum atomic E-state index is -1.57. The quantitative estimate of drug-likeness (QED) is 0.779. The van der Waals surface area contributed by atoms with E-state index in [1.807, 2.05) is 18.4 Å². The maximum Gasteiger partial charge on any atom is 0.238 e. The second-order valence-corrected chi connectivity index (χ2v) is 6.89. The van der Waals surface area contributed by atoms with Gasteiger partial charge in [-0.1, -0.05) is 12.1 Å². The molecule has 7 heteroatoms. The second kappa shape index (κ2) is 8.03. The molecule has 2 rings (SSSR count). The minimum Gasteiger partial charge on any atom is -0.495 e. The van der Waals surface area contributed by atoms with Crippen molar-refractivity contribution in [2.75, 3.05) is 24.2 Å². The lowest BCUT2D eigenvalue weighted by Crippen LogP contribution is -2.35. The lowest BCUT2D eigenvalue weighted by atomic mass is 10.3. The molecule has 0 aliphatic heterocycles. The predicted molar refractivity (Wildman–Crippen MR) is 94.2 cm³/mol. The Labute approximate surface area is 142 Å². The Morgan fingerprint density at radius 3 is 2.43 bits per heavy atom. The van der Waals surface area contributed by atoms with E-state index in [9.17, 15) is 9.00 Å². The van der Waals surface area contributed by atoms with Crippen LogP contribution in [0, 0.1) is 0 Å². The third-order valence-electron chi connectivity index (χ3n) is 3.11. The number of anilines is 1. The molecule has 23 heavy (non-hydrogen) atoms. The van der Waals surface area contributed by atoms with Crippen LogP contribution >= 0.6 is 11.8 Å². The van der Waals surface area contributed by atoms with Crippen LogP contribution in [-0.4, -0.2) is 30.0 Å². The molecule has 0 aliphatic carbocycles. The van der Waals surface area contributed by atoms with Crippen molar-refractivity contribution >= 4 is 34.3 Å². The normalized spacial score (nSPS) is 11.7. The maximum atomic E-state index is 12.9. The largest absolute Gasteiger partial charge is 0.495 e. The Morgan fingerprint density at radius 1 is 1.22 bits per heavy atom. The highest BCUT2D eigenvalue weighted by molar-refractivity contribution is 7.98. The molecule has 2 aromatic carbocycles. The van der Waals surface area contributed by atoms with Gasteiger partial charge in [-0.25, -0.2) is 4.21 Å². The van der Waals surface area contributed by atoms with Gasteiger partial charge < -0.3 is 10.5 Å². The third-order valence-corrected chi connectivity index (χ3v) is 5.26. The molecule has 122 valence electrons. The number of primary amides is 1. The number of carbonyl (C=O) groups excluding carboxylic acids is 1. The molecule has 0 heterocycles. The average Bonchev–Trinajstić information content (AvgIpc) is 2.59. The van der Waals surface area contributed by atoms with Crippen molar-refractivity contribution in [3.05, 3.63) is 48.5 Å². The van der Waals surface area contributed by atoms with E-state index in [1.165, 1.54) is 11.4 Å². The fourth-order valence-corrected chi connectivity index (χ4v) is 3.64. The summed E-state index contributed by atoms with van der Waals surface area (Å²) in [7, 11) is -0.0464. The molecule has 0 spiro atoms. The number of thioether (sulfide) groups is 1. The molecular formula is C16H18N2O3S2. The fourth-order valence-electron chi connectivity index (χ4n) is 2.03. The molecule has 0 bridgehead atoms. The Morgan fingerprint density at radius 2 is 1.87 bits per heavy atom. The van der Waals surface area contributed by atoms with Crippen LogP contribution in [0.3, 0.4) is 0 Å². The third kappa shape index (κ3) is 4.27. The number of amides is 1. The summed E-state index contributed by atoms with van der Waals surface area (Å²) in [5.41, 5.74) is 5.88. The van der Waals surface area contributed by atoms with Crippen molar-refractivity contribution in [2.45, 2.75) is 9.79 Å². The van der Waals surface area contributed by atoms with E-state index in [2.05, 4.69) is 0 Å². The van der Waals surface area contributed by atoms with Gasteiger partial charge in [-0.2, -0.15) is 0 Å². The first-order valence-electron chi connectivity index (χ1n) is 6.81. The van der Waals surface area contributed by atoms with Gasteiger partial charge in [0.2, 0.25) is 5.91 Å². The van der Waals surface area contributed by atoms with E-state index in [0.29, 0.717) is 16.3 Å². The van der Waals surface area contributed by atoms with Gasteiger partial charge in [-0.15, -0.1) is 11.8 Å². The summed E-state index contributed by atoms with van der Waals surface area (Å²) in [5, 5.41) is 0. The number of nitrogens with two attached hydrogens (primary N) is 1. The Kier molecular flexibility index (Phi) is 6.06. The van der Waals surface area contributed by atoms with Crippen molar-refractivity contribution in [3.8, 4) is 5.75 Å². The Hall–Kier alpha value is -1.99. The summed E-state index contributed by atoms with van der Waals surface area (Å²) in [6.07, 6.45) is 1.97. The number of hydrogen-bond acceptors (Lipinski definition) is 4. The van der Waals surface area contributed by atoms with Gasteiger partial charge in [-0.3, -0.25) is 9.10 Å². The maximum absolute atomic E-state index is 12.9. The van der Waals surface area contributed by atoms with Gasteiger partial charge in [0, 0.05) is 4.90 Å². The van der Waals surface area contributed by atoms with E-state index >= 15 is 0 Å². The zero-order valence-electron chi connectivity index (χ0n) is 12.9. The van der Waals surface area contributed by atoms with E-state index in [1.54, 1.807) is 48.2 Å². The topological polar surface area (TPSA) is 72.6 Å². The van der Waals surface area contributed by atoms with Crippen molar-refractivity contribution < 1.29 is 13.7 Å². The number of ether oxygens (including phenoxy) is 1. The van der Waals surface area contributed by atoms with E-state index in [4.69, 9.17) is 10.5 Å². The molecule has 2 aromatic rings. The van der Waals surface area contributed by atoms with Crippen LogP contribution in [0.4, 0.5) is 5.69 Å². The smallest absolute Gasteiger partial charge is 0.238 e. The molecule has 0 aliphatic rings. The summed E-state index contributed by atoms with van der Waals surface area (Å²) in [6, 6.07) is 14.4. The van der Waals surface area contributed by atoms with Gasteiger partial charge in [0.15, 0.2) is 11.0 Å². The summed E-state index contributed by atoms with van der Waals surface area (Å²) in [5.74, 6) is -0.0344. The summed E-state index contributed by atoms with van der Waals surface area (Å²) in [6.45, 7) is -0.169. The molecule has 0 aromatic heterocycles. The predicted octanol–water partition coefficient (Wildman–Crippen LogP) is 2.43. The van der Waals surface area contributed by atoms with Crippen LogP contribution in [0.1, 0.15) is 0 Å². The minimum absolute atomic E-state index is 0.169. The molecule has 0 saturated carbocycles. The molecule has 1 atom stereocenters. The Balaban J connectivity index is 2.40. The first-order chi connectivity index (χ1) is 11.1. The Bertz CT molecular complexity index is 705. The van der Waals surface area contributed by atoms with E-state index < -0.39 is 16.9 Å². The molecule has 0 saturated heterocycles. The molecule has 1 unspecified atom stereocenters. The first kappa shape index (κ1) is 17.4. The van der Waals surface area contributed by atoms with Crippen molar-refractivity contribution in [1.82, 2.24) is 0 Å². The number of benzene rings is 2. The number of para-hydroxylation sites is 2. The average molecular weight is 350 g/mol. The summed E-state index contributed by atoms with van der Waals surface area (Å²) >= 11 is 1.60. The number of rotatable bonds is 7. The fraction of sp³-hybridized carbons (Fsp3) is 0.188. The molecule has 5 nitrogen and oxygen atoms in total. The van der Waals surface area contributed by atoms with Crippen molar-refractivity contribution in [3.63, 3.8) is 0 Å². The van der Waals surface area contributed by atoms with Crippen LogP contribution in [0.2, 0.25) is 0 Å². The van der Waals surface area contributed by atoms with Gasteiger partial charge in [0.25, 0.3) is 0 Å². The molecule has 1 amide bonds. The number of carbonyl (C=O) groups is 1. The highest BCUT2D eigenvalue weighted by atomic mass is 32.2. The molecule has 0 fully saturated rings. The second-order valence-electron chi connectivity index (χ2n) is 4.60. The number of hydrogen-bond donors (Lipinski definition) is 1. The molecule has 0 radical (unpaired) electrons. The SMILES string of the molecule is COc1ccccc1N(CC(N)=O)S(=O)c1ccc(SC)cc1. The molecular weight excluding hydrogens is 332 g/mol. The zero-order valence-corrected chi connectivity index (χ0v) is 14.5.